The minimum absolute atomic E-state index is 0.171. The molecule has 0 saturated carbocycles. The molecule has 0 radical (unpaired) electrons. The van der Waals surface area contributed by atoms with E-state index in [4.69, 9.17) is 4.84 Å². The third-order valence-electron chi connectivity index (χ3n) is 5.25. The Labute approximate surface area is 165 Å². The molecule has 1 aromatic heterocycles. The maximum Gasteiger partial charge on any atom is 0.0946 e. The maximum atomic E-state index is 6.30. The van der Waals surface area contributed by atoms with Gasteiger partial charge in [0.1, 0.15) is 0 Å². The molecule has 0 spiro atoms. The lowest BCUT2D eigenvalue weighted by Gasteiger charge is -2.34. The van der Waals surface area contributed by atoms with E-state index in [0.717, 1.165) is 18.7 Å². The van der Waals surface area contributed by atoms with Gasteiger partial charge in [0.2, 0.25) is 0 Å². The van der Waals surface area contributed by atoms with E-state index in [9.17, 15) is 0 Å². The summed E-state index contributed by atoms with van der Waals surface area (Å²) in [7, 11) is 2.06. The van der Waals surface area contributed by atoms with Crippen LogP contribution < -0.4 is 0 Å². The van der Waals surface area contributed by atoms with Gasteiger partial charge in [0.05, 0.1) is 18.0 Å². The van der Waals surface area contributed by atoms with Gasteiger partial charge in [-0.1, -0.05) is 48.0 Å². The van der Waals surface area contributed by atoms with Crippen molar-refractivity contribution in [2.75, 3.05) is 12.8 Å². The van der Waals surface area contributed by atoms with Crippen LogP contribution in [0.1, 0.15) is 17.5 Å². The predicted molar refractivity (Wildman–Crippen MR) is 110 cm³/mol. The van der Waals surface area contributed by atoms with Crippen molar-refractivity contribution >= 4 is 11.8 Å². The molecule has 140 valence electrons. The Hall–Kier alpha value is -2.08. The fourth-order valence-electron chi connectivity index (χ4n) is 3.77. The van der Waals surface area contributed by atoms with E-state index in [1.807, 2.05) is 30.5 Å². The first-order valence-corrected chi connectivity index (χ1v) is 10.3. The Kier molecular flexibility index (Phi) is 5.34. The fourth-order valence-corrected chi connectivity index (χ4v) is 4.65. The molecule has 5 heteroatoms. The number of hydrogen-bond donors (Lipinski definition) is 0. The zero-order valence-corrected chi connectivity index (χ0v) is 16.6. The molecule has 1 saturated heterocycles. The molecule has 0 aliphatic carbocycles. The van der Waals surface area contributed by atoms with Crippen LogP contribution in [0.4, 0.5) is 0 Å². The smallest absolute Gasteiger partial charge is 0.0946 e. The lowest BCUT2D eigenvalue weighted by atomic mass is 9.85. The lowest BCUT2D eigenvalue weighted by Crippen LogP contribution is -2.41. The third-order valence-corrected chi connectivity index (χ3v) is 6.39. The number of hydroxylamine groups is 2. The van der Waals surface area contributed by atoms with Gasteiger partial charge in [-0.15, -0.1) is 11.8 Å². The van der Waals surface area contributed by atoms with Crippen LogP contribution in [0.5, 0.6) is 0 Å². The third kappa shape index (κ3) is 3.95. The minimum Gasteiger partial charge on any atom is -0.335 e. The Bertz CT molecular complexity index is 851. The molecule has 3 aromatic rings. The van der Waals surface area contributed by atoms with Gasteiger partial charge in [0.15, 0.2) is 0 Å². The van der Waals surface area contributed by atoms with Crippen LogP contribution >= 0.6 is 11.8 Å². The molecule has 2 unspecified atom stereocenters. The second-order valence-corrected chi connectivity index (χ2v) is 8.28. The summed E-state index contributed by atoms with van der Waals surface area (Å²) in [5.41, 5.74) is 2.38. The van der Waals surface area contributed by atoms with Gasteiger partial charge < -0.3 is 4.57 Å². The van der Waals surface area contributed by atoms with Crippen molar-refractivity contribution < 1.29 is 4.84 Å². The molecule has 0 bridgehead atoms. The summed E-state index contributed by atoms with van der Waals surface area (Å²) in [6, 6.07) is 19.4. The number of thioether (sulfide) groups is 1. The average Bonchev–Trinajstić information content (AvgIpc) is 3.31. The second kappa shape index (κ2) is 7.89. The number of likely N-dealkylation sites (N-methyl/N-ethyl adjacent to an activating group) is 1. The van der Waals surface area contributed by atoms with E-state index in [2.05, 4.69) is 83.2 Å². The first-order valence-electron chi connectivity index (χ1n) is 9.27. The van der Waals surface area contributed by atoms with E-state index < -0.39 is 0 Å². The topological polar surface area (TPSA) is 30.3 Å². The van der Waals surface area contributed by atoms with Crippen LogP contribution in [0.2, 0.25) is 0 Å². The van der Waals surface area contributed by atoms with Crippen LogP contribution in [0.15, 0.2) is 78.2 Å². The molecule has 1 aliphatic heterocycles. The Morgan fingerprint density at radius 2 is 1.93 bits per heavy atom. The van der Waals surface area contributed by atoms with Crippen LogP contribution in [-0.4, -0.2) is 33.5 Å². The van der Waals surface area contributed by atoms with Crippen molar-refractivity contribution in [2.45, 2.75) is 36.4 Å². The number of nitrogens with zero attached hydrogens (tertiary/aromatic N) is 3. The lowest BCUT2D eigenvalue weighted by molar-refractivity contribution is -0.170. The highest BCUT2D eigenvalue weighted by Crippen LogP contribution is 2.42. The van der Waals surface area contributed by atoms with Gasteiger partial charge in [-0.25, -0.2) is 4.98 Å². The fraction of sp³-hybridized carbons (Fsp3) is 0.318. The Balaban J connectivity index is 1.53. The van der Waals surface area contributed by atoms with Gasteiger partial charge in [0.25, 0.3) is 0 Å². The summed E-state index contributed by atoms with van der Waals surface area (Å²) < 4.78 is 2.14. The molecule has 27 heavy (non-hydrogen) atoms. The zero-order chi connectivity index (χ0) is 18.7. The molecule has 0 amide bonds. The highest BCUT2D eigenvalue weighted by molar-refractivity contribution is 7.99. The van der Waals surface area contributed by atoms with Crippen LogP contribution in [-0.2, 0) is 16.9 Å². The highest BCUT2D eigenvalue weighted by Gasteiger charge is 2.46. The number of benzene rings is 2. The number of hydrogen-bond acceptors (Lipinski definition) is 4. The Morgan fingerprint density at radius 3 is 2.63 bits per heavy atom. The number of aryl methyl sites for hydroxylation is 1. The van der Waals surface area contributed by atoms with Crippen molar-refractivity contribution in [3.05, 3.63) is 84.4 Å². The zero-order valence-electron chi connectivity index (χ0n) is 15.8. The average molecular weight is 380 g/mol. The van der Waals surface area contributed by atoms with E-state index in [0.29, 0.717) is 0 Å². The molecule has 2 atom stereocenters. The van der Waals surface area contributed by atoms with Crippen molar-refractivity contribution in [1.82, 2.24) is 14.6 Å². The van der Waals surface area contributed by atoms with Crippen molar-refractivity contribution in [3.63, 3.8) is 0 Å². The summed E-state index contributed by atoms with van der Waals surface area (Å²) in [6.07, 6.45) is 6.86. The first-order chi connectivity index (χ1) is 13.2. The first kappa shape index (κ1) is 18.3. The molecule has 0 N–H and O–H groups in total. The SMILES string of the molecule is Cc1ccc(SCC2CC(Cn3ccnc3)(c3ccccc3)N(C)O2)cc1. The van der Waals surface area contributed by atoms with Gasteiger partial charge in [0, 0.05) is 43.1 Å². The molecule has 2 aromatic carbocycles. The summed E-state index contributed by atoms with van der Waals surface area (Å²) in [6.45, 7) is 2.94. The van der Waals surface area contributed by atoms with Crippen LogP contribution in [0.3, 0.4) is 0 Å². The second-order valence-electron chi connectivity index (χ2n) is 7.19. The minimum atomic E-state index is -0.194. The largest absolute Gasteiger partial charge is 0.335 e. The standard InChI is InChI=1S/C22H25N3OS/c1-18-8-10-21(11-9-18)27-15-20-14-22(24(2)26-20,16-25-13-12-23-17-25)19-6-4-3-5-7-19/h3-13,17,20H,14-16H2,1-2H3. The quantitative estimate of drug-likeness (QED) is 0.589. The van der Waals surface area contributed by atoms with E-state index >= 15 is 0 Å². The predicted octanol–water partition coefficient (Wildman–Crippen LogP) is 4.52. The summed E-state index contributed by atoms with van der Waals surface area (Å²) >= 11 is 1.86. The van der Waals surface area contributed by atoms with E-state index in [1.165, 1.54) is 16.0 Å². The molecule has 4 nitrogen and oxygen atoms in total. The summed E-state index contributed by atoms with van der Waals surface area (Å²) in [4.78, 5) is 11.8. The number of rotatable bonds is 6. The molecule has 4 rings (SSSR count). The molecule has 1 aliphatic rings. The van der Waals surface area contributed by atoms with Crippen LogP contribution in [0.25, 0.3) is 0 Å². The molecular formula is C22H25N3OS. The number of imidazole rings is 1. The number of aromatic nitrogens is 2. The van der Waals surface area contributed by atoms with Gasteiger partial charge in [-0.3, -0.25) is 4.84 Å². The summed E-state index contributed by atoms with van der Waals surface area (Å²) in [5.74, 6) is 0.936. The van der Waals surface area contributed by atoms with Crippen molar-refractivity contribution in [1.29, 1.82) is 0 Å². The van der Waals surface area contributed by atoms with Gasteiger partial charge in [-0.2, -0.15) is 5.06 Å². The highest BCUT2D eigenvalue weighted by atomic mass is 32.2. The van der Waals surface area contributed by atoms with Gasteiger partial charge in [-0.05, 0) is 24.6 Å². The van der Waals surface area contributed by atoms with Crippen molar-refractivity contribution in [3.8, 4) is 0 Å². The maximum absolute atomic E-state index is 6.30. The van der Waals surface area contributed by atoms with Crippen LogP contribution in [0, 0.1) is 6.92 Å². The van der Waals surface area contributed by atoms with E-state index in [1.54, 1.807) is 0 Å². The van der Waals surface area contributed by atoms with Gasteiger partial charge >= 0.3 is 0 Å². The Morgan fingerprint density at radius 1 is 1.15 bits per heavy atom. The molecule has 1 fully saturated rings. The molecule has 2 heterocycles. The van der Waals surface area contributed by atoms with Crippen molar-refractivity contribution in [2.24, 2.45) is 0 Å². The summed E-state index contributed by atoms with van der Waals surface area (Å²) in [5, 5.41) is 2.06. The van der Waals surface area contributed by atoms with E-state index in [-0.39, 0.29) is 11.6 Å². The monoisotopic (exact) mass is 379 g/mol. The normalized spacial score (nSPS) is 23.0. The molecular weight excluding hydrogens is 354 g/mol.